The molecular weight excluding hydrogens is 288 g/mol. The standard InChI is InChI=1S/C15H24N2O5/c1-3-22-8-4-6-17-11-14(19)13(18)9-12(17)10-16(2)7-5-15(20)21/h9,11,19H,3-8,10H2,1-2H3,(H,20,21). The van der Waals surface area contributed by atoms with Crippen molar-refractivity contribution in [1.29, 1.82) is 0 Å². The summed E-state index contributed by atoms with van der Waals surface area (Å²) in [6, 6.07) is 1.40. The van der Waals surface area contributed by atoms with E-state index in [-0.39, 0.29) is 12.2 Å². The van der Waals surface area contributed by atoms with Crippen molar-refractivity contribution in [3.05, 3.63) is 28.2 Å². The highest BCUT2D eigenvalue weighted by Crippen LogP contribution is 2.09. The molecule has 1 aromatic heterocycles. The number of aliphatic carboxylic acids is 1. The Bertz CT molecular complexity index is 541. The predicted octanol–water partition coefficient (Wildman–Crippen LogP) is 0.887. The molecule has 124 valence electrons. The van der Waals surface area contributed by atoms with Crippen LogP contribution in [0.3, 0.4) is 0 Å². The van der Waals surface area contributed by atoms with E-state index in [9.17, 15) is 14.7 Å². The summed E-state index contributed by atoms with van der Waals surface area (Å²) in [5.41, 5.74) is 0.315. The van der Waals surface area contributed by atoms with E-state index in [1.54, 1.807) is 7.05 Å². The molecule has 0 saturated heterocycles. The number of carboxylic acid groups (broad SMARTS) is 1. The molecule has 0 aliphatic carbocycles. The number of aryl methyl sites for hydroxylation is 1. The van der Waals surface area contributed by atoms with Gasteiger partial charge in [-0.1, -0.05) is 0 Å². The normalized spacial score (nSPS) is 11.0. The van der Waals surface area contributed by atoms with Crippen molar-refractivity contribution in [2.45, 2.75) is 32.9 Å². The number of pyridine rings is 1. The molecule has 0 fully saturated rings. The maximum Gasteiger partial charge on any atom is 0.304 e. The lowest BCUT2D eigenvalue weighted by Gasteiger charge is -2.20. The Hall–Kier alpha value is -1.86. The van der Waals surface area contributed by atoms with E-state index in [1.807, 2.05) is 16.4 Å². The Kier molecular flexibility index (Phi) is 7.62. The maximum atomic E-state index is 11.6. The van der Waals surface area contributed by atoms with Gasteiger partial charge in [-0.2, -0.15) is 0 Å². The molecule has 0 spiro atoms. The molecule has 1 rings (SSSR count). The second-order valence-electron chi connectivity index (χ2n) is 5.14. The van der Waals surface area contributed by atoms with Crippen LogP contribution in [0.15, 0.2) is 17.1 Å². The number of nitrogens with zero attached hydrogens (tertiary/aromatic N) is 2. The maximum absolute atomic E-state index is 11.6. The quantitative estimate of drug-likeness (QED) is 0.623. The van der Waals surface area contributed by atoms with Crippen LogP contribution in [-0.2, 0) is 22.6 Å². The van der Waals surface area contributed by atoms with Gasteiger partial charge in [0, 0.05) is 44.6 Å². The Morgan fingerprint density at radius 2 is 2.18 bits per heavy atom. The monoisotopic (exact) mass is 312 g/mol. The molecule has 0 aliphatic heterocycles. The van der Waals surface area contributed by atoms with Gasteiger partial charge in [-0.15, -0.1) is 0 Å². The van der Waals surface area contributed by atoms with Crippen LogP contribution in [0.4, 0.5) is 0 Å². The van der Waals surface area contributed by atoms with Gasteiger partial charge in [-0.25, -0.2) is 0 Å². The summed E-state index contributed by atoms with van der Waals surface area (Å²) in [5.74, 6) is -1.14. The van der Waals surface area contributed by atoms with Gasteiger partial charge in [-0.3, -0.25) is 9.59 Å². The minimum atomic E-state index is -0.855. The van der Waals surface area contributed by atoms with Gasteiger partial charge in [0.1, 0.15) is 0 Å². The SMILES string of the molecule is CCOCCCn1cc(O)c(=O)cc1CN(C)CCC(=O)O. The fraction of sp³-hybridized carbons (Fsp3) is 0.600. The molecule has 0 saturated carbocycles. The third kappa shape index (κ3) is 6.28. The number of carbonyl (C=O) groups is 1. The summed E-state index contributed by atoms with van der Waals surface area (Å²) in [5, 5.41) is 18.3. The first-order valence-corrected chi connectivity index (χ1v) is 7.34. The molecule has 1 heterocycles. The van der Waals surface area contributed by atoms with Gasteiger partial charge in [0.2, 0.25) is 5.43 Å². The van der Waals surface area contributed by atoms with E-state index < -0.39 is 11.4 Å². The van der Waals surface area contributed by atoms with E-state index in [2.05, 4.69) is 0 Å². The van der Waals surface area contributed by atoms with Gasteiger partial charge in [0.05, 0.1) is 12.6 Å². The fourth-order valence-electron chi connectivity index (χ4n) is 2.07. The number of ether oxygens (including phenoxy) is 1. The fourth-order valence-corrected chi connectivity index (χ4v) is 2.07. The third-order valence-corrected chi connectivity index (χ3v) is 3.23. The molecule has 0 atom stereocenters. The second-order valence-corrected chi connectivity index (χ2v) is 5.14. The van der Waals surface area contributed by atoms with Crippen LogP contribution in [0.1, 0.15) is 25.5 Å². The molecule has 0 bridgehead atoms. The Labute approximate surface area is 129 Å². The van der Waals surface area contributed by atoms with E-state index >= 15 is 0 Å². The van der Waals surface area contributed by atoms with Crippen molar-refractivity contribution in [3.63, 3.8) is 0 Å². The molecule has 7 heteroatoms. The molecule has 0 aliphatic rings. The van der Waals surface area contributed by atoms with Crippen LogP contribution >= 0.6 is 0 Å². The molecule has 1 aromatic rings. The lowest BCUT2D eigenvalue weighted by Crippen LogP contribution is -2.25. The number of rotatable bonds is 10. The Balaban J connectivity index is 2.75. The second kappa shape index (κ2) is 9.22. The number of aromatic hydroxyl groups is 1. The molecule has 0 aromatic carbocycles. The Morgan fingerprint density at radius 1 is 1.45 bits per heavy atom. The molecule has 0 radical (unpaired) electrons. The third-order valence-electron chi connectivity index (χ3n) is 3.23. The van der Waals surface area contributed by atoms with Gasteiger partial charge >= 0.3 is 5.97 Å². The van der Waals surface area contributed by atoms with Crippen LogP contribution in [0.25, 0.3) is 0 Å². The van der Waals surface area contributed by atoms with Crippen LogP contribution < -0.4 is 5.43 Å². The molecule has 2 N–H and O–H groups in total. The number of aromatic nitrogens is 1. The zero-order chi connectivity index (χ0) is 16.5. The summed E-state index contributed by atoms with van der Waals surface area (Å²) < 4.78 is 7.09. The lowest BCUT2D eigenvalue weighted by atomic mass is 10.2. The van der Waals surface area contributed by atoms with Crippen LogP contribution in [0, 0.1) is 0 Å². The summed E-state index contributed by atoms with van der Waals surface area (Å²) in [7, 11) is 1.80. The summed E-state index contributed by atoms with van der Waals surface area (Å²) in [6.45, 7) is 4.64. The van der Waals surface area contributed by atoms with Crippen molar-refractivity contribution < 1.29 is 19.7 Å². The molecule has 0 unspecified atom stereocenters. The van der Waals surface area contributed by atoms with Gasteiger partial charge in [0.15, 0.2) is 5.75 Å². The van der Waals surface area contributed by atoms with Gasteiger partial charge < -0.3 is 24.4 Å². The predicted molar refractivity (Wildman–Crippen MR) is 82.1 cm³/mol. The number of carboxylic acids is 1. The minimum Gasteiger partial charge on any atom is -0.503 e. The topological polar surface area (TPSA) is 92.0 Å². The van der Waals surface area contributed by atoms with Crippen molar-refractivity contribution in [2.24, 2.45) is 0 Å². The Morgan fingerprint density at radius 3 is 2.82 bits per heavy atom. The first kappa shape index (κ1) is 18.2. The highest BCUT2D eigenvalue weighted by atomic mass is 16.5. The number of hydrogen-bond acceptors (Lipinski definition) is 5. The zero-order valence-electron chi connectivity index (χ0n) is 13.1. The van der Waals surface area contributed by atoms with E-state index in [4.69, 9.17) is 9.84 Å². The van der Waals surface area contributed by atoms with Crippen molar-refractivity contribution in [3.8, 4) is 5.75 Å². The largest absolute Gasteiger partial charge is 0.503 e. The first-order valence-electron chi connectivity index (χ1n) is 7.34. The first-order chi connectivity index (χ1) is 10.4. The van der Waals surface area contributed by atoms with E-state index in [0.717, 1.165) is 12.1 Å². The van der Waals surface area contributed by atoms with Crippen LogP contribution in [0.5, 0.6) is 5.75 Å². The smallest absolute Gasteiger partial charge is 0.304 e. The highest BCUT2D eigenvalue weighted by Gasteiger charge is 2.09. The lowest BCUT2D eigenvalue weighted by molar-refractivity contribution is -0.137. The molecular formula is C15H24N2O5. The molecule has 0 amide bonds. The number of hydrogen-bond donors (Lipinski definition) is 2. The van der Waals surface area contributed by atoms with Crippen molar-refractivity contribution in [2.75, 3.05) is 26.8 Å². The average molecular weight is 312 g/mol. The minimum absolute atomic E-state index is 0.0448. The van der Waals surface area contributed by atoms with Gasteiger partial charge in [0.25, 0.3) is 0 Å². The van der Waals surface area contributed by atoms with E-state index in [0.29, 0.717) is 32.8 Å². The van der Waals surface area contributed by atoms with Crippen molar-refractivity contribution >= 4 is 5.97 Å². The van der Waals surface area contributed by atoms with Crippen molar-refractivity contribution in [1.82, 2.24) is 9.47 Å². The highest BCUT2D eigenvalue weighted by molar-refractivity contribution is 5.66. The molecule has 22 heavy (non-hydrogen) atoms. The zero-order valence-corrected chi connectivity index (χ0v) is 13.1. The summed E-state index contributed by atoms with van der Waals surface area (Å²) in [4.78, 5) is 24.0. The average Bonchev–Trinajstić information content (AvgIpc) is 2.46. The molecule has 7 nitrogen and oxygen atoms in total. The van der Waals surface area contributed by atoms with Crippen LogP contribution in [-0.4, -0.2) is 52.5 Å². The summed E-state index contributed by atoms with van der Waals surface area (Å²) in [6.07, 6.45) is 2.24. The van der Waals surface area contributed by atoms with Gasteiger partial charge in [-0.05, 0) is 20.4 Å². The van der Waals surface area contributed by atoms with E-state index in [1.165, 1.54) is 12.3 Å². The van der Waals surface area contributed by atoms with Crippen LogP contribution in [0.2, 0.25) is 0 Å². The summed E-state index contributed by atoms with van der Waals surface area (Å²) >= 11 is 0.